The van der Waals surface area contributed by atoms with Crippen molar-refractivity contribution in [1.29, 1.82) is 0 Å². The molecule has 1 aromatic carbocycles. The van der Waals surface area contributed by atoms with Crippen molar-refractivity contribution < 1.29 is 18.7 Å². The highest BCUT2D eigenvalue weighted by Crippen LogP contribution is 2.34. The monoisotopic (exact) mass is 292 g/mol. The number of fused-ring (bicyclic) bond motifs is 1. The van der Waals surface area contributed by atoms with Crippen LogP contribution in [0.15, 0.2) is 12.1 Å². The van der Waals surface area contributed by atoms with Gasteiger partial charge in [-0.2, -0.15) is 0 Å². The molecule has 112 valence electrons. The largest absolute Gasteiger partial charge is 0.377 e. The van der Waals surface area contributed by atoms with Gasteiger partial charge in [0, 0.05) is 20.2 Å². The fourth-order valence-electron chi connectivity index (χ4n) is 2.97. The normalized spacial score (nSPS) is 25.0. The van der Waals surface area contributed by atoms with Gasteiger partial charge in [0.15, 0.2) is 0 Å². The molecule has 0 spiro atoms. The number of amides is 1. The summed E-state index contributed by atoms with van der Waals surface area (Å²) in [7, 11) is 1.65. The molecule has 1 saturated heterocycles. The number of benzene rings is 1. The lowest BCUT2D eigenvalue weighted by Crippen LogP contribution is -2.47. The second-order valence-electron chi connectivity index (χ2n) is 5.81. The van der Waals surface area contributed by atoms with Crippen molar-refractivity contribution in [3.8, 4) is 0 Å². The molecule has 1 amide bonds. The Morgan fingerprint density at radius 2 is 2.14 bits per heavy atom. The van der Waals surface area contributed by atoms with Gasteiger partial charge in [0.25, 0.3) is 11.7 Å². The fourth-order valence-corrected chi connectivity index (χ4v) is 2.97. The van der Waals surface area contributed by atoms with E-state index in [4.69, 9.17) is 4.74 Å². The van der Waals surface area contributed by atoms with E-state index >= 15 is 0 Å². The Labute approximate surface area is 122 Å². The number of ether oxygens (including phenoxy) is 1. The van der Waals surface area contributed by atoms with Gasteiger partial charge in [0.05, 0.1) is 22.5 Å². The Kier molecular flexibility index (Phi) is 3.20. The van der Waals surface area contributed by atoms with Crippen LogP contribution in [0, 0.1) is 5.82 Å². The SMILES string of the molecule is COC1(C)CCCN(c2cc3c(cc2F)C(=O)C(=O)N3)C1. The Bertz CT molecular complexity index is 632. The number of carbonyl (C=O) groups is 2. The summed E-state index contributed by atoms with van der Waals surface area (Å²) >= 11 is 0. The number of carbonyl (C=O) groups excluding carboxylic acids is 2. The van der Waals surface area contributed by atoms with Crippen LogP contribution in [0.25, 0.3) is 0 Å². The summed E-state index contributed by atoms with van der Waals surface area (Å²) < 4.78 is 19.8. The first-order chi connectivity index (χ1) is 9.93. The number of ketones is 1. The molecule has 5 nitrogen and oxygen atoms in total. The molecule has 0 radical (unpaired) electrons. The Morgan fingerprint density at radius 3 is 2.86 bits per heavy atom. The van der Waals surface area contributed by atoms with Crippen LogP contribution in [0.3, 0.4) is 0 Å². The molecule has 2 aliphatic heterocycles. The van der Waals surface area contributed by atoms with Crippen LogP contribution in [0.5, 0.6) is 0 Å². The summed E-state index contributed by atoms with van der Waals surface area (Å²) in [5.74, 6) is -1.88. The van der Waals surface area contributed by atoms with Crippen LogP contribution < -0.4 is 10.2 Å². The van der Waals surface area contributed by atoms with E-state index in [2.05, 4.69) is 5.32 Å². The van der Waals surface area contributed by atoms with Gasteiger partial charge >= 0.3 is 0 Å². The smallest absolute Gasteiger partial charge is 0.296 e. The lowest BCUT2D eigenvalue weighted by atomic mass is 9.94. The van der Waals surface area contributed by atoms with Crippen molar-refractivity contribution in [3.63, 3.8) is 0 Å². The van der Waals surface area contributed by atoms with E-state index in [1.54, 1.807) is 7.11 Å². The summed E-state index contributed by atoms with van der Waals surface area (Å²) in [5.41, 5.74) is 0.563. The standard InChI is InChI=1S/C15H17FN2O3/c1-15(21-2)4-3-5-18(8-15)12-7-11-9(6-10(12)16)13(19)14(20)17-11/h6-7H,3-5,8H2,1-2H3,(H,17,19,20). The number of Topliss-reactive ketones (excluding diaryl/α,β-unsaturated/α-hetero) is 1. The predicted molar refractivity (Wildman–Crippen MR) is 76.2 cm³/mol. The van der Waals surface area contributed by atoms with Crippen molar-refractivity contribution in [2.75, 3.05) is 30.4 Å². The highest BCUT2D eigenvalue weighted by atomic mass is 19.1. The number of piperidine rings is 1. The molecule has 1 unspecified atom stereocenters. The van der Waals surface area contributed by atoms with Gasteiger partial charge in [0.2, 0.25) is 0 Å². The maximum atomic E-state index is 14.3. The molecule has 3 rings (SSSR count). The van der Waals surface area contributed by atoms with Crippen molar-refractivity contribution in [3.05, 3.63) is 23.5 Å². The number of hydrogen-bond acceptors (Lipinski definition) is 4. The molecule has 0 aliphatic carbocycles. The zero-order chi connectivity index (χ0) is 15.2. The fraction of sp³-hybridized carbons (Fsp3) is 0.467. The second-order valence-corrected chi connectivity index (χ2v) is 5.81. The van der Waals surface area contributed by atoms with Crippen LogP contribution in [0.1, 0.15) is 30.1 Å². The number of nitrogens with one attached hydrogen (secondary N) is 1. The van der Waals surface area contributed by atoms with Gasteiger partial charge < -0.3 is 15.0 Å². The number of anilines is 2. The predicted octanol–water partition coefficient (Wildman–Crippen LogP) is 1.97. The average molecular weight is 292 g/mol. The average Bonchev–Trinajstić information content (AvgIpc) is 2.73. The molecular formula is C15H17FN2O3. The molecule has 0 aromatic heterocycles. The second kappa shape index (κ2) is 4.80. The van der Waals surface area contributed by atoms with Gasteiger partial charge in [-0.15, -0.1) is 0 Å². The Hall–Kier alpha value is -1.95. The third kappa shape index (κ3) is 2.29. The molecule has 0 saturated carbocycles. The van der Waals surface area contributed by atoms with Crippen LogP contribution in [-0.4, -0.2) is 37.5 Å². The van der Waals surface area contributed by atoms with E-state index in [0.717, 1.165) is 25.5 Å². The van der Waals surface area contributed by atoms with Gasteiger partial charge in [-0.05, 0) is 31.9 Å². The molecule has 21 heavy (non-hydrogen) atoms. The van der Waals surface area contributed by atoms with Crippen molar-refractivity contribution in [1.82, 2.24) is 0 Å². The number of methoxy groups -OCH3 is 1. The van der Waals surface area contributed by atoms with E-state index in [-0.39, 0.29) is 11.2 Å². The minimum atomic E-state index is -0.707. The maximum absolute atomic E-state index is 14.3. The topological polar surface area (TPSA) is 58.6 Å². The first kappa shape index (κ1) is 14.0. The lowest BCUT2D eigenvalue weighted by Gasteiger charge is -2.40. The van der Waals surface area contributed by atoms with Crippen molar-refractivity contribution in [2.45, 2.75) is 25.4 Å². The Morgan fingerprint density at radius 1 is 1.38 bits per heavy atom. The molecule has 1 fully saturated rings. The molecule has 2 aliphatic rings. The summed E-state index contributed by atoms with van der Waals surface area (Å²) in [6, 6.07) is 2.68. The number of nitrogens with zero attached hydrogens (tertiary/aromatic N) is 1. The van der Waals surface area contributed by atoms with Crippen LogP contribution in [-0.2, 0) is 9.53 Å². The van der Waals surface area contributed by atoms with Crippen LogP contribution in [0.4, 0.5) is 15.8 Å². The highest BCUT2D eigenvalue weighted by Gasteiger charge is 2.34. The molecule has 2 heterocycles. The van der Waals surface area contributed by atoms with E-state index in [9.17, 15) is 14.0 Å². The Balaban J connectivity index is 1.95. The molecule has 6 heteroatoms. The maximum Gasteiger partial charge on any atom is 0.296 e. The summed E-state index contributed by atoms with van der Waals surface area (Å²) in [6.45, 7) is 3.29. The lowest BCUT2D eigenvalue weighted by molar-refractivity contribution is -0.112. The van der Waals surface area contributed by atoms with E-state index in [0.29, 0.717) is 17.9 Å². The zero-order valence-electron chi connectivity index (χ0n) is 12.0. The molecule has 1 N–H and O–H groups in total. The first-order valence-corrected chi connectivity index (χ1v) is 6.93. The molecule has 0 bridgehead atoms. The zero-order valence-corrected chi connectivity index (χ0v) is 12.0. The first-order valence-electron chi connectivity index (χ1n) is 6.93. The van der Waals surface area contributed by atoms with Crippen molar-refractivity contribution in [2.24, 2.45) is 0 Å². The van der Waals surface area contributed by atoms with Gasteiger partial charge in [0.1, 0.15) is 5.82 Å². The van der Waals surface area contributed by atoms with Crippen molar-refractivity contribution >= 4 is 23.1 Å². The van der Waals surface area contributed by atoms with E-state index in [1.807, 2.05) is 11.8 Å². The van der Waals surface area contributed by atoms with Gasteiger partial charge in [-0.1, -0.05) is 0 Å². The molecule has 1 aromatic rings. The number of hydrogen-bond donors (Lipinski definition) is 1. The van der Waals surface area contributed by atoms with Crippen LogP contribution >= 0.6 is 0 Å². The van der Waals surface area contributed by atoms with Crippen LogP contribution in [0.2, 0.25) is 0 Å². The van der Waals surface area contributed by atoms with Gasteiger partial charge in [-0.25, -0.2) is 4.39 Å². The summed E-state index contributed by atoms with van der Waals surface area (Å²) in [5, 5.41) is 2.48. The van der Waals surface area contributed by atoms with E-state index in [1.165, 1.54) is 6.07 Å². The van der Waals surface area contributed by atoms with Gasteiger partial charge in [-0.3, -0.25) is 9.59 Å². The summed E-state index contributed by atoms with van der Waals surface area (Å²) in [6.07, 6.45) is 1.81. The third-order valence-corrected chi connectivity index (χ3v) is 4.28. The molecule has 1 atom stereocenters. The quantitative estimate of drug-likeness (QED) is 0.847. The summed E-state index contributed by atoms with van der Waals surface area (Å²) in [4.78, 5) is 24.8. The minimum absolute atomic E-state index is 0.104. The third-order valence-electron chi connectivity index (χ3n) is 4.28. The highest BCUT2D eigenvalue weighted by molar-refractivity contribution is 6.51. The minimum Gasteiger partial charge on any atom is -0.377 e. The number of rotatable bonds is 2. The van der Waals surface area contributed by atoms with E-state index < -0.39 is 17.5 Å². The molecular weight excluding hydrogens is 275 g/mol. The number of halogens is 1.